The summed E-state index contributed by atoms with van der Waals surface area (Å²) in [7, 11) is 0. The molecule has 0 aliphatic rings. The summed E-state index contributed by atoms with van der Waals surface area (Å²) in [6.45, 7) is 9.84. The number of hydrogen-bond donors (Lipinski definition) is 0. The van der Waals surface area contributed by atoms with E-state index in [-0.39, 0.29) is 11.9 Å². The van der Waals surface area contributed by atoms with Crippen molar-refractivity contribution in [3.8, 4) is 0 Å². The smallest absolute Gasteiger partial charge is 0.310 e. The van der Waals surface area contributed by atoms with Gasteiger partial charge in [0.1, 0.15) is 0 Å². The van der Waals surface area contributed by atoms with Crippen LogP contribution in [-0.2, 0) is 14.9 Å². The summed E-state index contributed by atoms with van der Waals surface area (Å²) in [6, 6.07) is 5.33. The molecule has 0 N–H and O–H groups in total. The van der Waals surface area contributed by atoms with E-state index in [9.17, 15) is 4.79 Å². The van der Waals surface area contributed by atoms with Gasteiger partial charge in [-0.05, 0) is 31.0 Å². The summed E-state index contributed by atoms with van der Waals surface area (Å²) in [5.41, 5.74) is 0.408. The normalized spacial score (nSPS) is 12.8. The van der Waals surface area contributed by atoms with E-state index in [4.69, 9.17) is 27.9 Å². The Bertz CT molecular complexity index is 495. The van der Waals surface area contributed by atoms with E-state index < -0.39 is 5.41 Å². The van der Waals surface area contributed by atoms with E-state index in [2.05, 4.69) is 6.58 Å². The molecule has 0 amide bonds. The van der Waals surface area contributed by atoms with Gasteiger partial charge in [0, 0.05) is 15.5 Å². The van der Waals surface area contributed by atoms with Gasteiger partial charge in [-0.1, -0.05) is 49.2 Å². The second kappa shape index (κ2) is 7.14. The molecule has 1 aromatic carbocycles. The van der Waals surface area contributed by atoms with E-state index >= 15 is 0 Å². The first-order valence-corrected chi connectivity index (χ1v) is 7.33. The van der Waals surface area contributed by atoms with Crippen LogP contribution < -0.4 is 0 Å². The summed E-state index contributed by atoms with van der Waals surface area (Å²) in [6.07, 6.45) is 2.26. The van der Waals surface area contributed by atoms with Crippen molar-refractivity contribution in [3.63, 3.8) is 0 Å². The molecule has 0 aromatic heterocycles. The zero-order valence-electron chi connectivity index (χ0n) is 12.1. The number of halogens is 2. The summed E-state index contributed by atoms with van der Waals surface area (Å²) in [4.78, 5) is 12.2. The highest BCUT2D eigenvalue weighted by molar-refractivity contribution is 6.35. The van der Waals surface area contributed by atoms with Crippen molar-refractivity contribution < 1.29 is 9.53 Å². The van der Waals surface area contributed by atoms with Crippen molar-refractivity contribution >= 4 is 29.2 Å². The largest absolute Gasteiger partial charge is 0.466 e. The van der Waals surface area contributed by atoms with E-state index in [0.29, 0.717) is 23.1 Å². The molecule has 0 saturated carbocycles. The van der Waals surface area contributed by atoms with Crippen LogP contribution in [0, 0.1) is 5.92 Å². The maximum atomic E-state index is 12.2. The zero-order chi connectivity index (χ0) is 15.3. The van der Waals surface area contributed by atoms with Crippen LogP contribution in [0.25, 0.3) is 0 Å². The quantitative estimate of drug-likeness (QED) is 0.544. The number of benzene rings is 1. The Morgan fingerprint density at radius 3 is 2.60 bits per heavy atom. The number of esters is 1. The van der Waals surface area contributed by atoms with Crippen LogP contribution >= 0.6 is 23.2 Å². The van der Waals surface area contributed by atoms with Gasteiger partial charge in [0.2, 0.25) is 0 Å². The van der Waals surface area contributed by atoms with Crippen LogP contribution in [0.4, 0.5) is 0 Å². The lowest BCUT2D eigenvalue weighted by atomic mass is 9.72. The minimum atomic E-state index is -0.470. The molecule has 1 atom stereocenters. The topological polar surface area (TPSA) is 26.3 Å². The monoisotopic (exact) mass is 314 g/mol. The Hall–Kier alpha value is -0.990. The Morgan fingerprint density at radius 2 is 2.10 bits per heavy atom. The maximum absolute atomic E-state index is 12.2. The molecular weight excluding hydrogens is 295 g/mol. The molecule has 0 radical (unpaired) electrons. The first kappa shape index (κ1) is 17.1. The van der Waals surface area contributed by atoms with Crippen molar-refractivity contribution in [2.75, 3.05) is 6.61 Å². The predicted molar refractivity (Wildman–Crippen MR) is 84.4 cm³/mol. The van der Waals surface area contributed by atoms with Crippen LogP contribution in [0.15, 0.2) is 30.9 Å². The van der Waals surface area contributed by atoms with Gasteiger partial charge in [-0.25, -0.2) is 0 Å². The molecule has 0 heterocycles. The van der Waals surface area contributed by atoms with Crippen LogP contribution in [0.1, 0.15) is 32.8 Å². The average molecular weight is 315 g/mol. The van der Waals surface area contributed by atoms with Crippen LogP contribution in [0.5, 0.6) is 0 Å². The molecule has 0 aliphatic heterocycles. The second-order valence-electron chi connectivity index (χ2n) is 5.17. The third-order valence-electron chi connectivity index (χ3n) is 3.47. The van der Waals surface area contributed by atoms with Crippen LogP contribution in [0.2, 0.25) is 10.0 Å². The number of ether oxygens (including phenoxy) is 1. The Morgan fingerprint density at radius 1 is 1.45 bits per heavy atom. The fourth-order valence-electron chi connectivity index (χ4n) is 2.29. The number of allylic oxidation sites excluding steroid dienone is 1. The lowest BCUT2D eigenvalue weighted by Gasteiger charge is -2.33. The lowest BCUT2D eigenvalue weighted by Crippen LogP contribution is -2.36. The molecule has 0 spiro atoms. The molecule has 0 saturated heterocycles. The number of carbonyl (C=O) groups excluding carboxylic acids is 1. The fourth-order valence-corrected chi connectivity index (χ4v) is 2.95. The van der Waals surface area contributed by atoms with Gasteiger partial charge >= 0.3 is 5.97 Å². The first-order valence-electron chi connectivity index (χ1n) is 6.57. The van der Waals surface area contributed by atoms with Crippen molar-refractivity contribution in [2.24, 2.45) is 5.92 Å². The standard InChI is InChI=1S/C16H20Cl2O2/c1-5-7-13(15(19)20-6-2)16(3,4)12-9-8-11(17)10-14(12)18/h5,8-10,13H,1,6-7H2,2-4H3. The zero-order valence-corrected chi connectivity index (χ0v) is 13.6. The van der Waals surface area contributed by atoms with Crippen molar-refractivity contribution in [1.82, 2.24) is 0 Å². The SMILES string of the molecule is C=CCC(C(=O)OCC)C(C)(C)c1ccc(Cl)cc1Cl. The average Bonchev–Trinajstić information content (AvgIpc) is 2.35. The van der Waals surface area contributed by atoms with Crippen LogP contribution in [-0.4, -0.2) is 12.6 Å². The van der Waals surface area contributed by atoms with E-state index in [1.807, 2.05) is 19.9 Å². The first-order chi connectivity index (χ1) is 9.34. The molecule has 1 rings (SSSR count). The predicted octanol–water partition coefficient (Wildman–Crippen LogP) is 5.03. The summed E-state index contributed by atoms with van der Waals surface area (Å²) >= 11 is 12.2. The molecule has 0 bridgehead atoms. The van der Waals surface area contributed by atoms with E-state index in [1.165, 1.54) is 0 Å². The molecule has 4 heteroatoms. The molecule has 2 nitrogen and oxygen atoms in total. The van der Waals surface area contributed by atoms with Crippen molar-refractivity contribution in [1.29, 1.82) is 0 Å². The number of hydrogen-bond acceptors (Lipinski definition) is 2. The van der Waals surface area contributed by atoms with E-state index in [1.54, 1.807) is 25.1 Å². The fraction of sp³-hybridized carbons (Fsp3) is 0.438. The van der Waals surface area contributed by atoms with Gasteiger partial charge in [-0.3, -0.25) is 4.79 Å². The van der Waals surface area contributed by atoms with Gasteiger partial charge in [-0.15, -0.1) is 6.58 Å². The minimum Gasteiger partial charge on any atom is -0.466 e. The highest BCUT2D eigenvalue weighted by atomic mass is 35.5. The maximum Gasteiger partial charge on any atom is 0.310 e. The molecule has 1 aromatic rings. The molecule has 20 heavy (non-hydrogen) atoms. The third-order valence-corrected chi connectivity index (χ3v) is 4.02. The minimum absolute atomic E-state index is 0.233. The second-order valence-corrected chi connectivity index (χ2v) is 6.02. The van der Waals surface area contributed by atoms with Crippen molar-refractivity contribution in [3.05, 3.63) is 46.5 Å². The molecule has 110 valence electrons. The molecular formula is C16H20Cl2O2. The highest BCUT2D eigenvalue weighted by Crippen LogP contribution is 2.39. The van der Waals surface area contributed by atoms with Gasteiger partial charge in [0.25, 0.3) is 0 Å². The Kier molecular flexibility index (Phi) is 6.09. The van der Waals surface area contributed by atoms with Crippen LogP contribution in [0.3, 0.4) is 0 Å². The van der Waals surface area contributed by atoms with Gasteiger partial charge in [-0.2, -0.15) is 0 Å². The van der Waals surface area contributed by atoms with Gasteiger partial charge < -0.3 is 4.74 Å². The lowest BCUT2D eigenvalue weighted by molar-refractivity contribution is -0.150. The van der Waals surface area contributed by atoms with E-state index in [0.717, 1.165) is 5.56 Å². The Labute approximate surface area is 130 Å². The Balaban J connectivity index is 3.20. The summed E-state index contributed by atoms with van der Waals surface area (Å²) in [5.74, 6) is -0.568. The molecule has 0 fully saturated rings. The number of carbonyl (C=O) groups is 1. The van der Waals surface area contributed by atoms with Gasteiger partial charge in [0.05, 0.1) is 12.5 Å². The molecule has 1 unspecified atom stereocenters. The third kappa shape index (κ3) is 3.77. The van der Waals surface area contributed by atoms with Gasteiger partial charge in [0.15, 0.2) is 0 Å². The molecule has 0 aliphatic carbocycles. The highest BCUT2D eigenvalue weighted by Gasteiger charge is 2.38. The number of rotatable bonds is 6. The summed E-state index contributed by atoms with van der Waals surface area (Å²) in [5, 5.41) is 1.13. The summed E-state index contributed by atoms with van der Waals surface area (Å²) < 4.78 is 5.17. The van der Waals surface area contributed by atoms with Crippen molar-refractivity contribution in [2.45, 2.75) is 32.6 Å².